The molecule has 7 heteroatoms. The van der Waals surface area contributed by atoms with Crippen molar-refractivity contribution in [1.82, 2.24) is 15.6 Å². The maximum atomic E-state index is 5.55. The molecule has 1 aromatic heterocycles. The third-order valence-electron chi connectivity index (χ3n) is 3.49. The summed E-state index contributed by atoms with van der Waals surface area (Å²) in [6.07, 6.45) is 0.0996. The Balaban J connectivity index is 0.00000484. The van der Waals surface area contributed by atoms with Crippen LogP contribution in [0.25, 0.3) is 0 Å². The van der Waals surface area contributed by atoms with E-state index < -0.39 is 0 Å². The molecule has 0 fully saturated rings. The van der Waals surface area contributed by atoms with E-state index in [-0.39, 0.29) is 35.5 Å². The second-order valence-corrected chi connectivity index (χ2v) is 6.42. The molecule has 0 amide bonds. The lowest BCUT2D eigenvalue weighted by Gasteiger charge is -2.30. The maximum Gasteiger partial charge on any atom is 0.216 e. The number of hydrogen-bond donors (Lipinski definition) is 2. The fourth-order valence-corrected chi connectivity index (χ4v) is 2.03. The van der Waals surface area contributed by atoms with Gasteiger partial charge in [0.1, 0.15) is 12.3 Å². The first-order chi connectivity index (χ1) is 10.3. The fourth-order valence-electron chi connectivity index (χ4n) is 2.03. The zero-order valence-electron chi connectivity index (χ0n) is 15.3. The van der Waals surface area contributed by atoms with E-state index in [1.54, 1.807) is 7.11 Å². The number of aryl methyl sites for hydroxylation is 2. The van der Waals surface area contributed by atoms with Crippen LogP contribution in [0.4, 0.5) is 0 Å². The Morgan fingerprint density at radius 3 is 2.39 bits per heavy atom. The summed E-state index contributed by atoms with van der Waals surface area (Å²) >= 11 is 0. The molecule has 0 spiro atoms. The average Bonchev–Trinajstić information content (AvgIpc) is 2.74. The van der Waals surface area contributed by atoms with E-state index in [0.29, 0.717) is 19.0 Å². The van der Waals surface area contributed by atoms with Gasteiger partial charge in [-0.3, -0.25) is 0 Å². The van der Waals surface area contributed by atoms with Gasteiger partial charge in [-0.15, -0.1) is 24.0 Å². The summed E-state index contributed by atoms with van der Waals surface area (Å²) < 4.78 is 11.1. The van der Waals surface area contributed by atoms with E-state index in [2.05, 4.69) is 41.4 Å². The quantitative estimate of drug-likeness (QED) is 0.406. The Hall–Kier alpha value is -0.830. The van der Waals surface area contributed by atoms with Gasteiger partial charge < -0.3 is 19.8 Å². The SMILES string of the molecule is CCNC(=NCc1nc(C)c(C)o1)NCC(OC)C(C)(C)C.I. The van der Waals surface area contributed by atoms with Crippen molar-refractivity contribution in [3.63, 3.8) is 0 Å². The van der Waals surface area contributed by atoms with E-state index in [0.717, 1.165) is 24.0 Å². The average molecular weight is 438 g/mol. The van der Waals surface area contributed by atoms with Crippen molar-refractivity contribution < 1.29 is 9.15 Å². The lowest BCUT2D eigenvalue weighted by molar-refractivity contribution is 0.0205. The summed E-state index contributed by atoms with van der Waals surface area (Å²) in [7, 11) is 1.74. The number of hydrogen-bond acceptors (Lipinski definition) is 4. The van der Waals surface area contributed by atoms with E-state index in [9.17, 15) is 0 Å². The number of nitrogens with one attached hydrogen (secondary N) is 2. The van der Waals surface area contributed by atoms with Gasteiger partial charge in [0, 0.05) is 20.2 Å². The van der Waals surface area contributed by atoms with E-state index in [4.69, 9.17) is 9.15 Å². The largest absolute Gasteiger partial charge is 0.444 e. The smallest absolute Gasteiger partial charge is 0.216 e. The first-order valence-corrected chi connectivity index (χ1v) is 7.75. The molecule has 23 heavy (non-hydrogen) atoms. The van der Waals surface area contributed by atoms with Crippen LogP contribution in [0.3, 0.4) is 0 Å². The van der Waals surface area contributed by atoms with Crippen molar-refractivity contribution in [2.45, 2.75) is 54.2 Å². The van der Waals surface area contributed by atoms with E-state index in [1.165, 1.54) is 0 Å². The van der Waals surface area contributed by atoms with Gasteiger partial charge in [-0.2, -0.15) is 0 Å². The molecular weight excluding hydrogens is 407 g/mol. The highest BCUT2D eigenvalue weighted by atomic mass is 127. The number of aromatic nitrogens is 1. The number of ether oxygens (including phenoxy) is 1. The fraction of sp³-hybridized carbons (Fsp3) is 0.750. The van der Waals surface area contributed by atoms with E-state index in [1.807, 2.05) is 20.8 Å². The van der Waals surface area contributed by atoms with Crippen molar-refractivity contribution in [1.29, 1.82) is 0 Å². The zero-order chi connectivity index (χ0) is 16.8. The van der Waals surface area contributed by atoms with Crippen LogP contribution in [0.5, 0.6) is 0 Å². The molecule has 1 heterocycles. The minimum Gasteiger partial charge on any atom is -0.444 e. The van der Waals surface area contributed by atoms with Crippen LogP contribution in [0.2, 0.25) is 0 Å². The highest BCUT2D eigenvalue weighted by molar-refractivity contribution is 14.0. The zero-order valence-corrected chi connectivity index (χ0v) is 17.6. The summed E-state index contributed by atoms with van der Waals surface area (Å²) in [5, 5.41) is 6.53. The number of halogens is 1. The number of methoxy groups -OCH3 is 1. The van der Waals surface area contributed by atoms with Crippen LogP contribution in [0, 0.1) is 19.3 Å². The van der Waals surface area contributed by atoms with Gasteiger partial charge >= 0.3 is 0 Å². The van der Waals surface area contributed by atoms with Gasteiger partial charge in [-0.1, -0.05) is 20.8 Å². The molecule has 0 aliphatic carbocycles. The molecule has 0 saturated carbocycles. The number of aliphatic imine (C=N–C) groups is 1. The number of guanidine groups is 1. The minimum absolute atomic E-state index is 0. The Kier molecular flexibility index (Phi) is 9.76. The van der Waals surface area contributed by atoms with Crippen LogP contribution in [0.1, 0.15) is 45.0 Å². The van der Waals surface area contributed by atoms with Crippen molar-refractivity contribution >= 4 is 29.9 Å². The van der Waals surface area contributed by atoms with Crippen molar-refractivity contribution in [3.8, 4) is 0 Å². The summed E-state index contributed by atoms with van der Waals surface area (Å²) in [5.41, 5.74) is 0.978. The Bertz CT molecular complexity index is 475. The van der Waals surface area contributed by atoms with Crippen molar-refractivity contribution in [2.24, 2.45) is 10.4 Å². The van der Waals surface area contributed by atoms with Crippen molar-refractivity contribution in [2.75, 3.05) is 20.2 Å². The first-order valence-electron chi connectivity index (χ1n) is 7.75. The number of nitrogens with zero attached hydrogens (tertiary/aromatic N) is 2. The van der Waals surface area contributed by atoms with E-state index >= 15 is 0 Å². The second-order valence-electron chi connectivity index (χ2n) is 6.42. The molecule has 1 rings (SSSR count). The molecule has 0 radical (unpaired) electrons. The molecule has 1 aromatic rings. The third kappa shape index (κ3) is 7.52. The van der Waals surface area contributed by atoms with Crippen molar-refractivity contribution in [3.05, 3.63) is 17.3 Å². The predicted molar refractivity (Wildman–Crippen MR) is 104 cm³/mol. The Labute approximate surface area is 156 Å². The Morgan fingerprint density at radius 2 is 1.96 bits per heavy atom. The van der Waals surface area contributed by atoms with Gasteiger partial charge in [0.05, 0.1) is 11.8 Å². The first kappa shape index (κ1) is 22.2. The van der Waals surface area contributed by atoms with Gasteiger partial charge in [0.25, 0.3) is 0 Å². The third-order valence-corrected chi connectivity index (χ3v) is 3.49. The monoisotopic (exact) mass is 438 g/mol. The molecule has 0 bridgehead atoms. The number of rotatable bonds is 6. The van der Waals surface area contributed by atoms with Gasteiger partial charge in [-0.25, -0.2) is 9.98 Å². The van der Waals surface area contributed by atoms with Gasteiger partial charge in [0.15, 0.2) is 5.96 Å². The van der Waals surface area contributed by atoms with Gasteiger partial charge in [0.2, 0.25) is 5.89 Å². The topological polar surface area (TPSA) is 71.7 Å². The van der Waals surface area contributed by atoms with Gasteiger partial charge in [-0.05, 0) is 26.2 Å². The molecule has 2 N–H and O–H groups in total. The molecule has 6 nitrogen and oxygen atoms in total. The summed E-state index contributed by atoms with van der Waals surface area (Å²) in [4.78, 5) is 8.85. The predicted octanol–water partition coefficient (Wildman–Crippen LogP) is 3.03. The molecular formula is C16H31IN4O2. The molecule has 0 aliphatic rings. The molecule has 1 atom stereocenters. The Morgan fingerprint density at radius 1 is 1.30 bits per heavy atom. The molecule has 134 valence electrons. The maximum absolute atomic E-state index is 5.55. The highest BCUT2D eigenvalue weighted by Crippen LogP contribution is 2.20. The van der Waals surface area contributed by atoms with Crippen LogP contribution >= 0.6 is 24.0 Å². The van der Waals surface area contributed by atoms with Crippen LogP contribution < -0.4 is 10.6 Å². The summed E-state index contributed by atoms with van der Waals surface area (Å²) in [5.74, 6) is 2.21. The normalized spacial score (nSPS) is 13.4. The van der Waals surface area contributed by atoms with Crippen LogP contribution in [-0.4, -0.2) is 37.2 Å². The molecule has 0 aromatic carbocycles. The minimum atomic E-state index is 0. The lowest BCUT2D eigenvalue weighted by Crippen LogP contribution is -2.45. The second kappa shape index (κ2) is 10.1. The lowest BCUT2D eigenvalue weighted by atomic mass is 9.89. The van der Waals surface area contributed by atoms with Crippen LogP contribution in [0.15, 0.2) is 9.41 Å². The molecule has 0 saturated heterocycles. The molecule has 0 aliphatic heterocycles. The number of oxazole rings is 1. The van der Waals surface area contributed by atoms with Crippen LogP contribution in [-0.2, 0) is 11.3 Å². The standard InChI is InChI=1S/C16H30N4O2.HI/c1-8-17-15(18-9-13(21-7)16(4,5)6)19-10-14-20-11(2)12(3)22-14;/h13H,8-10H2,1-7H3,(H2,17,18,19);1H. The molecule has 1 unspecified atom stereocenters. The summed E-state index contributed by atoms with van der Waals surface area (Å²) in [6, 6.07) is 0. The summed E-state index contributed by atoms with van der Waals surface area (Å²) in [6.45, 7) is 14.2. The highest BCUT2D eigenvalue weighted by Gasteiger charge is 2.24.